The Labute approximate surface area is 144 Å². The number of piperidine rings is 1. The maximum atomic E-state index is 12.5. The van der Waals surface area contributed by atoms with E-state index in [-0.39, 0.29) is 5.91 Å². The van der Waals surface area contributed by atoms with Gasteiger partial charge in [-0.2, -0.15) is 5.10 Å². The number of aromatic nitrogens is 2. The van der Waals surface area contributed by atoms with E-state index in [1.807, 2.05) is 11.7 Å². The quantitative estimate of drug-likeness (QED) is 0.891. The number of ether oxygens (including phenoxy) is 1. The summed E-state index contributed by atoms with van der Waals surface area (Å²) in [5.41, 5.74) is 2.64. The van der Waals surface area contributed by atoms with Gasteiger partial charge >= 0.3 is 0 Å². The lowest BCUT2D eigenvalue weighted by Gasteiger charge is -2.34. The number of nitrogens with one attached hydrogen (secondary N) is 1. The first-order chi connectivity index (χ1) is 11.6. The Hall–Kier alpha value is -1.40. The SMILES string of the molecule is CC(C)N1CCC(CCNC(=O)c2nn(C)c3c2COCC3)CC1. The van der Waals surface area contributed by atoms with Gasteiger partial charge in [-0.15, -0.1) is 0 Å². The molecule has 0 saturated carbocycles. The molecule has 2 aliphatic heterocycles. The molecule has 0 aliphatic carbocycles. The van der Waals surface area contributed by atoms with Gasteiger partial charge in [-0.05, 0) is 52.1 Å². The highest BCUT2D eigenvalue weighted by Gasteiger charge is 2.25. The predicted octanol–water partition coefficient (Wildman–Crippen LogP) is 1.73. The summed E-state index contributed by atoms with van der Waals surface area (Å²) < 4.78 is 7.32. The Morgan fingerprint density at radius 2 is 2.12 bits per heavy atom. The van der Waals surface area contributed by atoms with Crippen molar-refractivity contribution in [2.24, 2.45) is 13.0 Å². The van der Waals surface area contributed by atoms with E-state index in [9.17, 15) is 4.79 Å². The van der Waals surface area contributed by atoms with Gasteiger partial charge < -0.3 is 15.0 Å². The van der Waals surface area contributed by atoms with Gasteiger partial charge in [0.2, 0.25) is 0 Å². The Bertz CT molecular complexity index is 574. The van der Waals surface area contributed by atoms with Crippen molar-refractivity contribution in [2.75, 3.05) is 26.2 Å². The second-order valence-electron chi connectivity index (χ2n) is 7.32. The minimum absolute atomic E-state index is 0.0584. The molecule has 1 saturated heterocycles. The molecule has 3 heterocycles. The normalized spacial score (nSPS) is 19.5. The highest BCUT2D eigenvalue weighted by molar-refractivity contribution is 5.94. The van der Waals surface area contributed by atoms with Crippen LogP contribution in [0.15, 0.2) is 0 Å². The first kappa shape index (κ1) is 17.4. The topological polar surface area (TPSA) is 59.4 Å². The smallest absolute Gasteiger partial charge is 0.272 e. The molecule has 0 atom stereocenters. The van der Waals surface area contributed by atoms with Crippen molar-refractivity contribution in [3.8, 4) is 0 Å². The predicted molar refractivity (Wildman–Crippen MR) is 93.0 cm³/mol. The lowest BCUT2D eigenvalue weighted by Crippen LogP contribution is -2.39. The van der Waals surface area contributed by atoms with Gasteiger partial charge in [-0.25, -0.2) is 0 Å². The first-order valence-corrected chi connectivity index (χ1v) is 9.21. The summed E-state index contributed by atoms with van der Waals surface area (Å²) in [5.74, 6) is 0.665. The minimum Gasteiger partial charge on any atom is -0.376 e. The Balaban J connectivity index is 1.47. The van der Waals surface area contributed by atoms with Crippen LogP contribution in [0.5, 0.6) is 0 Å². The molecule has 0 bridgehead atoms. The average Bonchev–Trinajstić information content (AvgIpc) is 2.93. The van der Waals surface area contributed by atoms with Crippen LogP contribution in [-0.2, 0) is 24.8 Å². The Kier molecular flexibility index (Phi) is 5.56. The lowest BCUT2D eigenvalue weighted by molar-refractivity contribution is 0.0918. The van der Waals surface area contributed by atoms with Crippen LogP contribution in [0.1, 0.15) is 54.9 Å². The van der Waals surface area contributed by atoms with E-state index < -0.39 is 0 Å². The molecular formula is C18H30N4O2. The van der Waals surface area contributed by atoms with Crippen molar-refractivity contribution in [3.63, 3.8) is 0 Å². The van der Waals surface area contributed by atoms with Crippen molar-refractivity contribution in [1.29, 1.82) is 0 Å². The Morgan fingerprint density at radius 3 is 2.83 bits per heavy atom. The zero-order valence-corrected chi connectivity index (χ0v) is 15.2. The zero-order valence-electron chi connectivity index (χ0n) is 15.2. The van der Waals surface area contributed by atoms with Crippen molar-refractivity contribution in [3.05, 3.63) is 17.0 Å². The summed E-state index contributed by atoms with van der Waals surface area (Å²) in [4.78, 5) is 15.0. The van der Waals surface area contributed by atoms with Gasteiger partial charge in [0.15, 0.2) is 5.69 Å². The van der Waals surface area contributed by atoms with Gasteiger partial charge in [-0.1, -0.05) is 0 Å². The van der Waals surface area contributed by atoms with Gasteiger partial charge in [0, 0.05) is 37.3 Å². The molecule has 3 rings (SSSR count). The van der Waals surface area contributed by atoms with Gasteiger partial charge in [0.05, 0.1) is 13.2 Å². The molecule has 1 fully saturated rings. The number of carbonyl (C=O) groups excluding carboxylic acids is 1. The molecule has 24 heavy (non-hydrogen) atoms. The molecule has 0 unspecified atom stereocenters. The summed E-state index contributed by atoms with van der Waals surface area (Å²) >= 11 is 0. The number of rotatable bonds is 5. The number of carbonyl (C=O) groups is 1. The number of hydrogen-bond donors (Lipinski definition) is 1. The van der Waals surface area contributed by atoms with E-state index in [1.54, 1.807) is 0 Å². The largest absolute Gasteiger partial charge is 0.376 e. The third-order valence-electron chi connectivity index (χ3n) is 5.44. The number of aryl methyl sites for hydroxylation is 1. The van der Waals surface area contributed by atoms with E-state index in [0.29, 0.717) is 24.9 Å². The molecule has 134 valence electrons. The monoisotopic (exact) mass is 334 g/mol. The summed E-state index contributed by atoms with van der Waals surface area (Å²) in [7, 11) is 1.91. The van der Waals surface area contributed by atoms with Gasteiger partial charge in [0.25, 0.3) is 5.91 Å². The van der Waals surface area contributed by atoms with Crippen molar-refractivity contribution < 1.29 is 9.53 Å². The molecule has 1 aromatic heterocycles. The van der Waals surface area contributed by atoms with Gasteiger partial charge in [0.1, 0.15) is 0 Å². The third kappa shape index (κ3) is 3.81. The molecule has 6 heteroatoms. The summed E-state index contributed by atoms with van der Waals surface area (Å²) in [6, 6.07) is 0.642. The fourth-order valence-corrected chi connectivity index (χ4v) is 3.82. The fourth-order valence-electron chi connectivity index (χ4n) is 3.82. The summed E-state index contributed by atoms with van der Waals surface area (Å²) in [6.45, 7) is 8.83. The highest BCUT2D eigenvalue weighted by atomic mass is 16.5. The average molecular weight is 334 g/mol. The number of hydrogen-bond acceptors (Lipinski definition) is 4. The molecule has 1 aromatic rings. The number of nitrogens with zero attached hydrogens (tertiary/aromatic N) is 3. The molecular weight excluding hydrogens is 304 g/mol. The minimum atomic E-state index is -0.0584. The van der Waals surface area contributed by atoms with Crippen LogP contribution in [-0.4, -0.2) is 52.9 Å². The van der Waals surface area contributed by atoms with E-state index in [4.69, 9.17) is 4.74 Å². The standard InChI is InChI=1S/C18H30N4O2/c1-13(2)22-9-5-14(6-10-22)4-8-19-18(23)17-15-12-24-11-7-16(15)21(3)20-17/h13-14H,4-12H2,1-3H3,(H,19,23). The molecule has 6 nitrogen and oxygen atoms in total. The zero-order chi connectivity index (χ0) is 17.1. The summed E-state index contributed by atoms with van der Waals surface area (Å²) in [5, 5.41) is 7.46. The molecule has 1 amide bonds. The maximum Gasteiger partial charge on any atom is 0.272 e. The van der Waals surface area contributed by atoms with Gasteiger partial charge in [-0.3, -0.25) is 9.48 Å². The lowest BCUT2D eigenvalue weighted by atomic mass is 9.93. The van der Waals surface area contributed by atoms with Crippen LogP contribution in [0.2, 0.25) is 0 Å². The second-order valence-corrected chi connectivity index (χ2v) is 7.32. The number of fused-ring (bicyclic) bond motifs is 1. The van der Waals surface area contributed by atoms with Crippen LogP contribution in [0, 0.1) is 5.92 Å². The van der Waals surface area contributed by atoms with Crippen LogP contribution >= 0.6 is 0 Å². The van der Waals surface area contributed by atoms with Crippen molar-refractivity contribution in [1.82, 2.24) is 20.0 Å². The molecule has 1 N–H and O–H groups in total. The first-order valence-electron chi connectivity index (χ1n) is 9.21. The van der Waals surface area contributed by atoms with Crippen molar-refractivity contribution >= 4 is 5.91 Å². The molecule has 2 aliphatic rings. The highest BCUT2D eigenvalue weighted by Crippen LogP contribution is 2.22. The van der Waals surface area contributed by atoms with Crippen LogP contribution < -0.4 is 5.32 Å². The van der Waals surface area contributed by atoms with E-state index >= 15 is 0 Å². The third-order valence-corrected chi connectivity index (χ3v) is 5.44. The number of amides is 1. The van der Waals surface area contributed by atoms with E-state index in [1.165, 1.54) is 25.9 Å². The van der Waals surface area contributed by atoms with E-state index in [2.05, 4.69) is 29.2 Å². The van der Waals surface area contributed by atoms with Crippen molar-refractivity contribution in [2.45, 2.75) is 52.2 Å². The van der Waals surface area contributed by atoms with E-state index in [0.717, 1.165) is 36.6 Å². The van der Waals surface area contributed by atoms with Crippen LogP contribution in [0.25, 0.3) is 0 Å². The fraction of sp³-hybridized carbons (Fsp3) is 0.778. The van der Waals surface area contributed by atoms with Crippen LogP contribution in [0.3, 0.4) is 0 Å². The van der Waals surface area contributed by atoms with Crippen LogP contribution in [0.4, 0.5) is 0 Å². The molecule has 0 spiro atoms. The number of likely N-dealkylation sites (tertiary alicyclic amines) is 1. The Morgan fingerprint density at radius 1 is 1.38 bits per heavy atom. The second kappa shape index (κ2) is 7.66. The summed E-state index contributed by atoms with van der Waals surface area (Å²) in [6.07, 6.45) is 4.37. The maximum absolute atomic E-state index is 12.5. The molecule has 0 aromatic carbocycles. The molecule has 0 radical (unpaired) electrons.